The van der Waals surface area contributed by atoms with Gasteiger partial charge in [-0.2, -0.15) is 0 Å². The van der Waals surface area contributed by atoms with E-state index in [1.807, 2.05) is 0 Å². The summed E-state index contributed by atoms with van der Waals surface area (Å²) in [5.41, 5.74) is 0.336. The van der Waals surface area contributed by atoms with Crippen LogP contribution in [0.15, 0.2) is 35.2 Å². The van der Waals surface area contributed by atoms with E-state index < -0.39 is 21.5 Å². The van der Waals surface area contributed by atoms with Crippen molar-refractivity contribution in [2.45, 2.75) is 31.3 Å². The summed E-state index contributed by atoms with van der Waals surface area (Å²) in [6.45, 7) is 5.73. The van der Waals surface area contributed by atoms with Crippen molar-refractivity contribution in [2.75, 3.05) is 12.8 Å². The Labute approximate surface area is 125 Å². The highest BCUT2D eigenvalue weighted by Gasteiger charge is 2.14. The molecule has 6 heteroatoms. The molecule has 1 amide bonds. The Bertz CT molecular complexity index is 610. The Balaban J connectivity index is 2.49. The third-order valence-electron chi connectivity index (χ3n) is 2.38. The van der Waals surface area contributed by atoms with Gasteiger partial charge in [-0.3, -0.25) is 0 Å². The normalized spacial score (nSPS) is 12.4. The largest absolute Gasteiger partial charge is 0.444 e. The summed E-state index contributed by atoms with van der Waals surface area (Å²) >= 11 is 0. The van der Waals surface area contributed by atoms with E-state index in [4.69, 9.17) is 4.74 Å². The molecule has 21 heavy (non-hydrogen) atoms. The van der Waals surface area contributed by atoms with Crippen molar-refractivity contribution < 1.29 is 17.9 Å². The second-order valence-electron chi connectivity index (χ2n) is 5.63. The van der Waals surface area contributed by atoms with Crippen molar-refractivity contribution in [1.82, 2.24) is 5.32 Å². The second kappa shape index (κ2) is 6.76. The Morgan fingerprint density at radius 2 is 1.81 bits per heavy atom. The molecule has 0 atom stereocenters. The molecule has 0 aliphatic carbocycles. The highest BCUT2D eigenvalue weighted by molar-refractivity contribution is 7.90. The van der Waals surface area contributed by atoms with Crippen molar-refractivity contribution in [3.8, 4) is 0 Å². The van der Waals surface area contributed by atoms with Crippen LogP contribution in [0.2, 0.25) is 0 Å². The van der Waals surface area contributed by atoms with Gasteiger partial charge in [-0.05, 0) is 38.5 Å². The molecule has 1 aromatic carbocycles. The Kier molecular flexibility index (Phi) is 5.54. The molecule has 0 bridgehead atoms. The van der Waals surface area contributed by atoms with E-state index in [9.17, 15) is 13.2 Å². The third-order valence-corrected chi connectivity index (χ3v) is 3.51. The van der Waals surface area contributed by atoms with E-state index in [0.29, 0.717) is 6.54 Å². The number of carbonyl (C=O) groups is 1. The average molecular weight is 311 g/mol. The first kappa shape index (κ1) is 17.2. The molecule has 116 valence electrons. The summed E-state index contributed by atoms with van der Waals surface area (Å²) in [4.78, 5) is 11.7. The summed E-state index contributed by atoms with van der Waals surface area (Å²) in [5.74, 6) is 0. The van der Waals surface area contributed by atoms with E-state index in [0.717, 1.165) is 5.56 Å². The number of hydrogen-bond acceptors (Lipinski definition) is 4. The topological polar surface area (TPSA) is 72.5 Å². The predicted octanol–water partition coefficient (Wildman–Crippen LogP) is 2.63. The van der Waals surface area contributed by atoms with E-state index in [1.165, 1.54) is 6.26 Å². The van der Waals surface area contributed by atoms with Crippen LogP contribution in [0.25, 0.3) is 6.08 Å². The molecule has 0 saturated carbocycles. The van der Waals surface area contributed by atoms with Gasteiger partial charge in [0.25, 0.3) is 0 Å². The monoisotopic (exact) mass is 311 g/mol. The van der Waals surface area contributed by atoms with Gasteiger partial charge in [0, 0.05) is 12.8 Å². The molecular weight excluding hydrogens is 290 g/mol. The van der Waals surface area contributed by atoms with Crippen LogP contribution in [0.5, 0.6) is 0 Å². The summed E-state index contributed by atoms with van der Waals surface area (Å²) in [5, 5.41) is 2.60. The summed E-state index contributed by atoms with van der Waals surface area (Å²) in [6, 6.07) is 6.52. The summed E-state index contributed by atoms with van der Waals surface area (Å²) in [7, 11) is -3.17. The van der Waals surface area contributed by atoms with Gasteiger partial charge in [-0.15, -0.1) is 0 Å². The zero-order valence-corrected chi connectivity index (χ0v) is 13.5. The number of nitrogens with one attached hydrogen (secondary N) is 1. The molecule has 0 heterocycles. The Hall–Kier alpha value is -1.82. The predicted molar refractivity (Wildman–Crippen MR) is 82.8 cm³/mol. The van der Waals surface area contributed by atoms with Crippen LogP contribution in [-0.2, 0) is 14.6 Å². The van der Waals surface area contributed by atoms with Gasteiger partial charge < -0.3 is 10.1 Å². The lowest BCUT2D eigenvalue weighted by atomic mass is 10.2. The number of ether oxygens (including phenoxy) is 1. The van der Waals surface area contributed by atoms with Crippen LogP contribution < -0.4 is 5.32 Å². The molecule has 5 nitrogen and oxygen atoms in total. The van der Waals surface area contributed by atoms with Crippen LogP contribution in [-0.4, -0.2) is 32.9 Å². The minimum absolute atomic E-state index is 0.284. The highest BCUT2D eigenvalue weighted by atomic mass is 32.2. The van der Waals surface area contributed by atoms with Crippen molar-refractivity contribution in [1.29, 1.82) is 0 Å². The number of hydrogen-bond donors (Lipinski definition) is 1. The van der Waals surface area contributed by atoms with Crippen LogP contribution in [0.1, 0.15) is 26.3 Å². The zero-order valence-electron chi connectivity index (χ0n) is 12.7. The molecule has 0 unspecified atom stereocenters. The quantitative estimate of drug-likeness (QED) is 0.927. The van der Waals surface area contributed by atoms with Crippen molar-refractivity contribution >= 4 is 22.0 Å². The Morgan fingerprint density at radius 1 is 1.24 bits per heavy atom. The van der Waals surface area contributed by atoms with Crippen molar-refractivity contribution in [3.63, 3.8) is 0 Å². The van der Waals surface area contributed by atoms with Gasteiger partial charge in [0.15, 0.2) is 9.84 Å². The lowest BCUT2D eigenvalue weighted by Gasteiger charge is -2.19. The average Bonchev–Trinajstić information content (AvgIpc) is 2.32. The first-order valence-corrected chi connectivity index (χ1v) is 8.40. The third kappa shape index (κ3) is 6.94. The molecule has 0 radical (unpaired) electrons. The molecule has 1 rings (SSSR count). The van der Waals surface area contributed by atoms with Gasteiger partial charge in [-0.25, -0.2) is 13.2 Å². The van der Waals surface area contributed by atoms with Gasteiger partial charge >= 0.3 is 6.09 Å². The number of sulfone groups is 1. The fourth-order valence-corrected chi connectivity index (χ4v) is 2.11. The molecule has 1 aromatic rings. The number of carbonyl (C=O) groups excluding carboxylic acids is 1. The lowest BCUT2D eigenvalue weighted by Crippen LogP contribution is -2.32. The molecule has 0 aliphatic heterocycles. The molecule has 0 saturated heterocycles. The molecular formula is C15H21NO4S. The van der Waals surface area contributed by atoms with Crippen molar-refractivity contribution in [3.05, 3.63) is 35.9 Å². The lowest BCUT2D eigenvalue weighted by molar-refractivity contribution is 0.0534. The van der Waals surface area contributed by atoms with E-state index in [1.54, 1.807) is 57.2 Å². The van der Waals surface area contributed by atoms with Crippen LogP contribution in [0.4, 0.5) is 4.79 Å². The molecule has 0 aromatic heterocycles. The fourth-order valence-electron chi connectivity index (χ4n) is 1.48. The number of amides is 1. The standard InChI is InChI=1S/C15H21NO4S/c1-15(2,3)20-14(17)16-11-5-6-12-7-9-13(10-8-12)21(4,18)19/h5-10H,11H2,1-4H3,(H,16,17). The molecule has 0 spiro atoms. The fraction of sp³-hybridized carbons (Fsp3) is 0.400. The number of alkyl carbamates (subject to hydrolysis) is 1. The van der Waals surface area contributed by atoms with Gasteiger partial charge in [0.05, 0.1) is 4.90 Å². The smallest absolute Gasteiger partial charge is 0.407 e. The molecule has 0 fully saturated rings. The van der Waals surface area contributed by atoms with Gasteiger partial charge in [0.2, 0.25) is 0 Å². The SMILES string of the molecule is CC(C)(C)OC(=O)NCC=Cc1ccc(S(C)(=O)=O)cc1. The number of rotatable bonds is 4. The van der Waals surface area contributed by atoms with Gasteiger partial charge in [0.1, 0.15) is 5.60 Å². The first-order chi connectivity index (χ1) is 9.58. The van der Waals surface area contributed by atoms with Crippen molar-refractivity contribution in [2.24, 2.45) is 0 Å². The second-order valence-corrected chi connectivity index (χ2v) is 7.64. The van der Waals surface area contributed by atoms with Gasteiger partial charge in [-0.1, -0.05) is 24.3 Å². The summed E-state index contributed by atoms with van der Waals surface area (Å²) < 4.78 is 27.7. The first-order valence-electron chi connectivity index (χ1n) is 6.51. The van der Waals surface area contributed by atoms with Crippen LogP contribution >= 0.6 is 0 Å². The van der Waals surface area contributed by atoms with E-state index in [2.05, 4.69) is 5.32 Å². The van der Waals surface area contributed by atoms with Crippen LogP contribution in [0, 0.1) is 0 Å². The molecule has 0 aliphatic rings. The minimum Gasteiger partial charge on any atom is -0.444 e. The maximum Gasteiger partial charge on any atom is 0.407 e. The zero-order chi connectivity index (χ0) is 16.1. The van der Waals surface area contributed by atoms with E-state index >= 15 is 0 Å². The van der Waals surface area contributed by atoms with Crippen LogP contribution in [0.3, 0.4) is 0 Å². The minimum atomic E-state index is -3.17. The van der Waals surface area contributed by atoms with E-state index in [-0.39, 0.29) is 4.90 Å². The number of benzene rings is 1. The summed E-state index contributed by atoms with van der Waals surface area (Å²) in [6.07, 6.45) is 4.25. The Morgan fingerprint density at radius 3 is 2.29 bits per heavy atom. The maximum atomic E-state index is 11.4. The highest BCUT2D eigenvalue weighted by Crippen LogP contribution is 2.11. The maximum absolute atomic E-state index is 11.4. The molecule has 1 N–H and O–H groups in total.